The van der Waals surface area contributed by atoms with Crippen LogP contribution >= 0.6 is 0 Å². The van der Waals surface area contributed by atoms with E-state index < -0.39 is 0 Å². The summed E-state index contributed by atoms with van der Waals surface area (Å²) in [6, 6.07) is 10.3. The first-order valence-electron chi connectivity index (χ1n) is 9.22. The van der Waals surface area contributed by atoms with Crippen LogP contribution in [0.25, 0.3) is 0 Å². The van der Waals surface area contributed by atoms with Gasteiger partial charge in [0.25, 0.3) is 0 Å². The van der Waals surface area contributed by atoms with Crippen molar-refractivity contribution in [2.75, 3.05) is 18.0 Å². The molecule has 1 aliphatic heterocycles. The topological polar surface area (TPSA) is 49.6 Å². The van der Waals surface area contributed by atoms with Crippen molar-refractivity contribution in [2.24, 2.45) is 5.92 Å². The average molecular weight is 339 g/mol. The molecule has 2 fully saturated rings. The lowest BCUT2D eigenvalue weighted by Gasteiger charge is -2.35. The third-order valence-electron chi connectivity index (χ3n) is 5.14. The normalized spacial score (nSPS) is 20.5. The first kappa shape index (κ1) is 16.2. The molecule has 1 saturated carbocycles. The second kappa shape index (κ2) is 6.90. The van der Waals surface area contributed by atoms with E-state index in [1.807, 2.05) is 48.4 Å². The van der Waals surface area contributed by atoms with Crippen molar-refractivity contribution < 1.29 is 9.21 Å². The lowest BCUT2D eigenvalue weighted by Crippen LogP contribution is -2.45. The van der Waals surface area contributed by atoms with Crippen molar-refractivity contribution in [2.45, 2.75) is 45.2 Å². The predicted octanol–water partition coefficient (Wildman–Crippen LogP) is 3.39. The molecule has 1 atom stereocenters. The van der Waals surface area contributed by atoms with Crippen molar-refractivity contribution in [1.82, 2.24) is 9.88 Å². The maximum absolute atomic E-state index is 13.2. The number of rotatable bonds is 5. The van der Waals surface area contributed by atoms with Crippen LogP contribution in [0.4, 0.5) is 5.82 Å². The molecule has 132 valence electrons. The molecule has 0 aromatic carbocycles. The van der Waals surface area contributed by atoms with E-state index in [4.69, 9.17) is 4.42 Å². The summed E-state index contributed by atoms with van der Waals surface area (Å²) in [6.45, 7) is 4.27. The minimum absolute atomic E-state index is 0.0485. The van der Waals surface area contributed by atoms with Crippen LogP contribution < -0.4 is 4.90 Å². The molecule has 2 aliphatic rings. The monoisotopic (exact) mass is 339 g/mol. The van der Waals surface area contributed by atoms with Gasteiger partial charge >= 0.3 is 0 Å². The van der Waals surface area contributed by atoms with Gasteiger partial charge in [0.1, 0.15) is 17.3 Å². The molecule has 2 aromatic heterocycles. The van der Waals surface area contributed by atoms with Crippen LogP contribution in [0.1, 0.15) is 37.2 Å². The summed E-state index contributed by atoms with van der Waals surface area (Å²) in [5.41, 5.74) is 0. The fourth-order valence-electron chi connectivity index (χ4n) is 3.67. The molecule has 0 radical (unpaired) electrons. The number of piperidine rings is 1. The molecular formula is C20H25N3O2. The Kier molecular flexibility index (Phi) is 4.47. The minimum Gasteiger partial charge on any atom is -0.464 e. The second-order valence-corrected chi connectivity index (χ2v) is 7.18. The molecule has 0 N–H and O–H groups in total. The molecule has 2 aromatic rings. The average Bonchev–Trinajstić information content (AvgIpc) is 3.42. The number of pyridine rings is 1. The van der Waals surface area contributed by atoms with Gasteiger partial charge in [-0.2, -0.15) is 0 Å². The summed E-state index contributed by atoms with van der Waals surface area (Å²) in [5.74, 6) is 3.08. The molecule has 0 spiro atoms. The summed E-state index contributed by atoms with van der Waals surface area (Å²) < 4.78 is 5.71. The number of furan rings is 1. The Hall–Kier alpha value is -2.30. The summed E-state index contributed by atoms with van der Waals surface area (Å²) in [5, 5.41) is 0. The Labute approximate surface area is 148 Å². The molecule has 0 bridgehead atoms. The quantitative estimate of drug-likeness (QED) is 0.838. The highest BCUT2D eigenvalue weighted by Crippen LogP contribution is 2.32. The number of aryl methyl sites for hydroxylation is 1. The Balaban J connectivity index is 1.46. The zero-order valence-corrected chi connectivity index (χ0v) is 14.7. The fraction of sp³-hybridized carbons (Fsp3) is 0.500. The van der Waals surface area contributed by atoms with E-state index in [9.17, 15) is 4.79 Å². The maximum atomic E-state index is 13.2. The van der Waals surface area contributed by atoms with Crippen LogP contribution in [0.5, 0.6) is 0 Å². The number of carbonyl (C=O) groups excluding carboxylic acids is 1. The first-order valence-corrected chi connectivity index (χ1v) is 9.22. The van der Waals surface area contributed by atoms with E-state index in [2.05, 4.69) is 9.88 Å². The number of hydrogen-bond donors (Lipinski definition) is 0. The standard InChI is InChI=1S/C20H25N3O2/c1-15-7-10-18(25-15)14-23(17-8-9-17)20(24)16-5-4-12-22(13-16)19-6-2-3-11-21-19/h2-3,6-7,10-11,16-17H,4-5,8-9,12-14H2,1H3/t16-/m1/s1. The highest BCUT2D eigenvalue weighted by Gasteiger charge is 2.37. The number of nitrogens with zero attached hydrogens (tertiary/aromatic N) is 3. The zero-order chi connectivity index (χ0) is 17.2. The van der Waals surface area contributed by atoms with Gasteiger partial charge in [-0.05, 0) is 56.9 Å². The number of amides is 1. The predicted molar refractivity (Wildman–Crippen MR) is 96.2 cm³/mol. The van der Waals surface area contributed by atoms with Crippen molar-refractivity contribution in [3.63, 3.8) is 0 Å². The second-order valence-electron chi connectivity index (χ2n) is 7.18. The van der Waals surface area contributed by atoms with Crippen LogP contribution in [-0.2, 0) is 11.3 Å². The number of anilines is 1. The molecule has 5 heteroatoms. The Morgan fingerprint density at radius 3 is 2.84 bits per heavy atom. The number of carbonyl (C=O) groups is 1. The van der Waals surface area contributed by atoms with Crippen LogP contribution in [0, 0.1) is 12.8 Å². The molecule has 1 amide bonds. The lowest BCUT2D eigenvalue weighted by atomic mass is 9.96. The Morgan fingerprint density at radius 1 is 1.28 bits per heavy atom. The smallest absolute Gasteiger partial charge is 0.228 e. The molecule has 1 saturated heterocycles. The third kappa shape index (κ3) is 3.70. The summed E-state index contributed by atoms with van der Waals surface area (Å²) in [4.78, 5) is 21.9. The fourth-order valence-corrected chi connectivity index (χ4v) is 3.67. The Morgan fingerprint density at radius 2 is 2.16 bits per heavy atom. The minimum atomic E-state index is 0.0485. The number of aromatic nitrogens is 1. The van der Waals surface area contributed by atoms with E-state index in [0.29, 0.717) is 12.6 Å². The van der Waals surface area contributed by atoms with Crippen LogP contribution in [0.3, 0.4) is 0 Å². The van der Waals surface area contributed by atoms with E-state index >= 15 is 0 Å². The molecule has 4 rings (SSSR count). The highest BCUT2D eigenvalue weighted by atomic mass is 16.3. The summed E-state index contributed by atoms with van der Waals surface area (Å²) in [6.07, 6.45) is 6.04. The van der Waals surface area contributed by atoms with Crippen molar-refractivity contribution >= 4 is 11.7 Å². The first-order chi connectivity index (χ1) is 12.2. The van der Waals surface area contributed by atoms with Gasteiger partial charge < -0.3 is 14.2 Å². The van der Waals surface area contributed by atoms with Crippen molar-refractivity contribution in [3.8, 4) is 0 Å². The highest BCUT2D eigenvalue weighted by molar-refractivity contribution is 5.80. The third-order valence-corrected chi connectivity index (χ3v) is 5.14. The van der Waals surface area contributed by atoms with E-state index in [1.54, 1.807) is 0 Å². The van der Waals surface area contributed by atoms with Gasteiger partial charge in [-0.3, -0.25) is 4.79 Å². The Bertz CT molecular complexity index is 724. The largest absolute Gasteiger partial charge is 0.464 e. The van der Waals surface area contributed by atoms with Crippen molar-refractivity contribution in [1.29, 1.82) is 0 Å². The van der Waals surface area contributed by atoms with Crippen molar-refractivity contribution in [3.05, 3.63) is 48.0 Å². The molecule has 3 heterocycles. The maximum Gasteiger partial charge on any atom is 0.228 e. The van der Waals surface area contributed by atoms with E-state index in [-0.39, 0.29) is 11.8 Å². The lowest BCUT2D eigenvalue weighted by molar-refractivity contribution is -0.137. The molecule has 25 heavy (non-hydrogen) atoms. The summed E-state index contributed by atoms with van der Waals surface area (Å²) in [7, 11) is 0. The SMILES string of the molecule is Cc1ccc(CN(C(=O)[C@@H]2CCCN(c3ccccn3)C2)C2CC2)o1. The van der Waals surface area contributed by atoms with Gasteiger partial charge in [-0.15, -0.1) is 0 Å². The van der Waals surface area contributed by atoms with Crippen LogP contribution in [-0.4, -0.2) is 34.9 Å². The van der Waals surface area contributed by atoms with Gasteiger partial charge in [-0.1, -0.05) is 6.07 Å². The molecule has 1 aliphatic carbocycles. The van der Waals surface area contributed by atoms with Crippen LogP contribution in [0.15, 0.2) is 40.9 Å². The van der Waals surface area contributed by atoms with Gasteiger partial charge in [0.05, 0.1) is 12.5 Å². The van der Waals surface area contributed by atoms with Gasteiger partial charge in [0.15, 0.2) is 0 Å². The van der Waals surface area contributed by atoms with E-state index in [1.165, 1.54) is 0 Å². The molecule has 0 unspecified atom stereocenters. The zero-order valence-electron chi connectivity index (χ0n) is 14.7. The van der Waals surface area contributed by atoms with Gasteiger partial charge in [-0.25, -0.2) is 4.98 Å². The van der Waals surface area contributed by atoms with Gasteiger partial charge in [0, 0.05) is 25.3 Å². The van der Waals surface area contributed by atoms with E-state index in [0.717, 1.165) is 56.1 Å². The molecule has 5 nitrogen and oxygen atoms in total. The van der Waals surface area contributed by atoms with Gasteiger partial charge in [0.2, 0.25) is 5.91 Å². The number of hydrogen-bond acceptors (Lipinski definition) is 4. The molecular weight excluding hydrogens is 314 g/mol. The summed E-state index contributed by atoms with van der Waals surface area (Å²) >= 11 is 0. The van der Waals surface area contributed by atoms with Crippen LogP contribution in [0.2, 0.25) is 0 Å².